The monoisotopic (exact) mass is 443 g/mol. The maximum atomic E-state index is 12.8. The third kappa shape index (κ3) is 4.49. The Hall–Kier alpha value is -3.11. The molecule has 9 nitrogen and oxygen atoms in total. The second-order valence-electron chi connectivity index (χ2n) is 7.98. The van der Waals surface area contributed by atoms with E-state index in [-0.39, 0.29) is 10.8 Å². The van der Waals surface area contributed by atoms with Gasteiger partial charge in [-0.15, -0.1) is 0 Å². The average Bonchev–Trinajstić information content (AvgIpc) is 3.13. The smallest absolute Gasteiger partial charge is 0.323 e. The van der Waals surface area contributed by atoms with E-state index in [1.165, 1.54) is 18.2 Å². The van der Waals surface area contributed by atoms with Crippen molar-refractivity contribution in [3.8, 4) is 0 Å². The predicted octanol–water partition coefficient (Wildman–Crippen LogP) is 1.82. The number of H-pyrrole nitrogens is 2. The summed E-state index contributed by atoms with van der Waals surface area (Å²) >= 11 is 0. The zero-order valence-electron chi connectivity index (χ0n) is 17.4. The van der Waals surface area contributed by atoms with Crippen LogP contribution in [0.25, 0.3) is 11.0 Å². The molecule has 2 aromatic carbocycles. The van der Waals surface area contributed by atoms with Crippen molar-refractivity contribution in [3.63, 3.8) is 0 Å². The Labute approximate surface area is 180 Å². The molecule has 10 heteroatoms. The van der Waals surface area contributed by atoms with Crippen LogP contribution in [0.4, 0.5) is 5.69 Å². The van der Waals surface area contributed by atoms with Crippen LogP contribution in [0, 0.1) is 0 Å². The molecule has 1 atom stereocenters. The number of hydrogen-bond donors (Lipinski definition) is 3. The molecule has 1 aliphatic rings. The van der Waals surface area contributed by atoms with E-state index in [2.05, 4.69) is 19.6 Å². The first-order chi connectivity index (χ1) is 14.7. The van der Waals surface area contributed by atoms with Crippen LogP contribution in [0.15, 0.2) is 52.2 Å². The highest BCUT2D eigenvalue weighted by molar-refractivity contribution is 7.92. The van der Waals surface area contributed by atoms with Crippen molar-refractivity contribution in [1.29, 1.82) is 0 Å². The molecule has 0 aliphatic carbocycles. The van der Waals surface area contributed by atoms with E-state index < -0.39 is 15.7 Å². The fourth-order valence-corrected chi connectivity index (χ4v) is 4.90. The summed E-state index contributed by atoms with van der Waals surface area (Å²) in [6.45, 7) is 1.41. The van der Waals surface area contributed by atoms with Crippen LogP contribution in [0.1, 0.15) is 23.2 Å². The van der Waals surface area contributed by atoms with E-state index >= 15 is 0 Å². The minimum atomic E-state index is -3.85. The average molecular weight is 444 g/mol. The number of fused-ring (bicyclic) bond motifs is 1. The molecule has 1 aliphatic heterocycles. The van der Waals surface area contributed by atoms with E-state index in [0.717, 1.165) is 19.4 Å². The number of sulfonamides is 1. The molecule has 0 bridgehead atoms. The second-order valence-corrected chi connectivity index (χ2v) is 9.66. The Bertz CT molecular complexity index is 1260. The number of likely N-dealkylation sites (N-methyl/N-ethyl adjacent to an activating group) is 1. The summed E-state index contributed by atoms with van der Waals surface area (Å²) in [6, 6.07) is 11.1. The van der Waals surface area contributed by atoms with Crippen molar-refractivity contribution in [2.24, 2.45) is 0 Å². The van der Waals surface area contributed by atoms with Gasteiger partial charge in [0.1, 0.15) is 0 Å². The number of hydrogen-bond acceptors (Lipinski definition) is 5. The zero-order chi connectivity index (χ0) is 22.2. The van der Waals surface area contributed by atoms with Crippen LogP contribution in [0.2, 0.25) is 0 Å². The van der Waals surface area contributed by atoms with E-state index in [1.807, 2.05) is 19.0 Å². The van der Waals surface area contributed by atoms with Gasteiger partial charge in [-0.3, -0.25) is 9.52 Å². The van der Waals surface area contributed by atoms with Crippen molar-refractivity contribution in [2.75, 3.05) is 31.9 Å². The van der Waals surface area contributed by atoms with Crippen molar-refractivity contribution >= 4 is 32.7 Å². The van der Waals surface area contributed by atoms with Gasteiger partial charge in [-0.2, -0.15) is 0 Å². The van der Waals surface area contributed by atoms with Crippen LogP contribution in [-0.2, 0) is 10.0 Å². The molecule has 0 radical (unpaired) electrons. The highest BCUT2D eigenvalue weighted by atomic mass is 32.2. The van der Waals surface area contributed by atoms with Gasteiger partial charge in [0.25, 0.3) is 15.9 Å². The summed E-state index contributed by atoms with van der Waals surface area (Å²) in [5, 5.41) is 0. The fraction of sp³-hybridized carbons (Fsp3) is 0.333. The van der Waals surface area contributed by atoms with Gasteiger partial charge in [0.05, 0.1) is 15.9 Å². The Kier molecular flexibility index (Phi) is 5.59. The predicted molar refractivity (Wildman–Crippen MR) is 119 cm³/mol. The molecule has 3 N–H and O–H groups in total. The van der Waals surface area contributed by atoms with Crippen LogP contribution in [0.5, 0.6) is 0 Å². The van der Waals surface area contributed by atoms with Crippen LogP contribution < -0.4 is 10.4 Å². The number of rotatable bonds is 5. The van der Waals surface area contributed by atoms with Crippen LogP contribution >= 0.6 is 0 Å². The molecule has 1 saturated heterocycles. The summed E-state index contributed by atoms with van der Waals surface area (Å²) in [5.41, 5.74) is 1.41. The Morgan fingerprint density at radius 3 is 2.52 bits per heavy atom. The standard InChI is InChI=1S/C21H25N5O4S/c1-25(2)16-4-3-11-26(13-16)20(27)14-5-7-15(8-6-14)24-31(29,30)17-9-10-18-19(12-17)23-21(28)22-18/h5-10,12,16,24H,3-4,11,13H2,1-2H3,(H2,22,23,28). The fourth-order valence-electron chi connectivity index (χ4n) is 3.82. The third-order valence-electron chi connectivity index (χ3n) is 5.60. The lowest BCUT2D eigenvalue weighted by atomic mass is 10.0. The molecular formula is C21H25N5O4S. The van der Waals surface area contributed by atoms with Crippen molar-refractivity contribution < 1.29 is 13.2 Å². The van der Waals surface area contributed by atoms with Crippen molar-refractivity contribution in [1.82, 2.24) is 19.8 Å². The first-order valence-electron chi connectivity index (χ1n) is 10.0. The molecule has 4 rings (SSSR count). The maximum absolute atomic E-state index is 12.8. The van der Waals surface area contributed by atoms with Crippen LogP contribution in [0.3, 0.4) is 0 Å². The quantitative estimate of drug-likeness (QED) is 0.556. The number of anilines is 1. The number of likely N-dealkylation sites (tertiary alicyclic amines) is 1. The van der Waals surface area contributed by atoms with E-state index in [0.29, 0.717) is 34.9 Å². The molecule has 164 valence electrons. The van der Waals surface area contributed by atoms with Crippen LogP contribution in [-0.4, -0.2) is 67.3 Å². The second kappa shape index (κ2) is 8.20. The topological polar surface area (TPSA) is 118 Å². The molecule has 0 saturated carbocycles. The molecule has 31 heavy (non-hydrogen) atoms. The highest BCUT2D eigenvalue weighted by Gasteiger charge is 2.25. The van der Waals surface area contributed by atoms with Gasteiger partial charge in [0.2, 0.25) is 0 Å². The largest absolute Gasteiger partial charge is 0.337 e. The molecule has 1 aromatic heterocycles. The van der Waals surface area contributed by atoms with E-state index in [4.69, 9.17) is 0 Å². The Morgan fingerprint density at radius 2 is 1.81 bits per heavy atom. The first kappa shape index (κ1) is 21.1. The first-order valence-corrected chi connectivity index (χ1v) is 11.5. The number of nitrogens with one attached hydrogen (secondary N) is 3. The van der Waals surface area contributed by atoms with Gasteiger partial charge >= 0.3 is 5.69 Å². The minimum Gasteiger partial charge on any atom is -0.337 e. The lowest BCUT2D eigenvalue weighted by molar-refractivity contribution is 0.0635. The minimum absolute atomic E-state index is 0.0263. The number of imidazole rings is 1. The summed E-state index contributed by atoms with van der Waals surface area (Å²) in [6.07, 6.45) is 2.03. The van der Waals surface area contributed by atoms with Crippen molar-refractivity contribution in [3.05, 3.63) is 58.5 Å². The van der Waals surface area contributed by atoms with Gasteiger partial charge in [-0.1, -0.05) is 0 Å². The molecule has 1 fully saturated rings. The number of benzene rings is 2. The lowest BCUT2D eigenvalue weighted by Crippen LogP contribution is -2.47. The number of carbonyl (C=O) groups is 1. The number of piperidine rings is 1. The molecule has 0 spiro atoms. The summed E-state index contributed by atoms with van der Waals surface area (Å²) < 4.78 is 28.0. The molecule has 1 unspecified atom stereocenters. The summed E-state index contributed by atoms with van der Waals surface area (Å²) in [5.74, 6) is -0.0529. The number of nitrogens with zero attached hydrogens (tertiary/aromatic N) is 2. The van der Waals surface area contributed by atoms with Crippen molar-refractivity contribution in [2.45, 2.75) is 23.8 Å². The summed E-state index contributed by atoms with van der Waals surface area (Å²) in [4.78, 5) is 33.4. The Morgan fingerprint density at radius 1 is 1.10 bits per heavy atom. The normalized spacial score (nSPS) is 17.3. The molecule has 2 heterocycles. The maximum Gasteiger partial charge on any atom is 0.323 e. The van der Waals surface area contributed by atoms with Gasteiger partial charge in [-0.05, 0) is 69.4 Å². The summed E-state index contributed by atoms with van der Waals surface area (Å²) in [7, 11) is 0.185. The van der Waals surface area contributed by atoms with Gasteiger partial charge in [0, 0.05) is 30.4 Å². The number of aromatic amines is 2. The van der Waals surface area contributed by atoms with Gasteiger partial charge in [0.15, 0.2) is 0 Å². The number of amides is 1. The van der Waals surface area contributed by atoms with Gasteiger partial charge in [-0.25, -0.2) is 13.2 Å². The lowest BCUT2D eigenvalue weighted by Gasteiger charge is -2.36. The molecule has 1 amide bonds. The zero-order valence-corrected chi connectivity index (χ0v) is 18.2. The SMILES string of the molecule is CN(C)C1CCCN(C(=O)c2ccc(NS(=O)(=O)c3ccc4[nH]c(=O)[nH]c4c3)cc2)C1. The molecule has 3 aromatic rings. The Balaban J connectivity index is 1.48. The third-order valence-corrected chi connectivity index (χ3v) is 6.97. The van der Waals surface area contributed by atoms with Gasteiger partial charge < -0.3 is 19.8 Å². The molecular weight excluding hydrogens is 418 g/mol. The highest BCUT2D eigenvalue weighted by Crippen LogP contribution is 2.21. The number of carbonyl (C=O) groups excluding carboxylic acids is 1. The van der Waals surface area contributed by atoms with E-state index in [1.54, 1.807) is 24.3 Å². The van der Waals surface area contributed by atoms with E-state index in [9.17, 15) is 18.0 Å². The number of aromatic nitrogens is 2.